The Morgan fingerprint density at radius 2 is 2.17 bits per heavy atom. The third-order valence-corrected chi connectivity index (χ3v) is 3.20. The lowest BCUT2D eigenvalue weighted by atomic mass is 10.1. The number of rotatable bonds is 3. The molecule has 0 unspecified atom stereocenters. The summed E-state index contributed by atoms with van der Waals surface area (Å²) in [5, 5.41) is 7.32. The molecule has 94 valence electrons. The molecular weight excluding hydrogens is 230 g/mol. The number of nitrogens with one attached hydrogen (secondary N) is 1. The van der Waals surface area contributed by atoms with Gasteiger partial charge in [0.05, 0.1) is 13.0 Å². The fourth-order valence-electron chi connectivity index (χ4n) is 2.12. The van der Waals surface area contributed by atoms with Crippen LogP contribution in [0.5, 0.6) is 5.75 Å². The van der Waals surface area contributed by atoms with E-state index < -0.39 is 0 Å². The summed E-state index contributed by atoms with van der Waals surface area (Å²) in [7, 11) is 1.65. The number of benzene rings is 1. The van der Waals surface area contributed by atoms with E-state index >= 15 is 0 Å². The molecule has 0 saturated carbocycles. The molecule has 1 atom stereocenters. The lowest BCUT2D eigenvalue weighted by molar-refractivity contribution is 0.359. The quantitative estimate of drug-likeness (QED) is 0.893. The van der Waals surface area contributed by atoms with Crippen molar-refractivity contribution in [3.63, 3.8) is 0 Å². The average Bonchev–Trinajstić information content (AvgIpc) is 3.09. The Balaban J connectivity index is 1.82. The maximum absolute atomic E-state index is 5.33. The highest BCUT2D eigenvalue weighted by atomic mass is 16.5. The monoisotopic (exact) mass is 245 g/mol. The predicted octanol–water partition coefficient (Wildman–Crippen LogP) is 1.82. The molecule has 0 spiro atoms. The number of aromatic nitrogens is 2. The van der Waals surface area contributed by atoms with Gasteiger partial charge in [-0.2, -0.15) is 4.98 Å². The van der Waals surface area contributed by atoms with Crippen molar-refractivity contribution in [1.82, 2.24) is 15.5 Å². The van der Waals surface area contributed by atoms with Gasteiger partial charge in [-0.25, -0.2) is 0 Å². The van der Waals surface area contributed by atoms with Crippen LogP contribution in [0, 0.1) is 0 Å². The molecule has 5 nitrogen and oxygen atoms in total. The van der Waals surface area contributed by atoms with E-state index in [9.17, 15) is 0 Å². The molecule has 1 aliphatic heterocycles. The van der Waals surface area contributed by atoms with Gasteiger partial charge < -0.3 is 14.6 Å². The van der Waals surface area contributed by atoms with Crippen molar-refractivity contribution < 1.29 is 9.26 Å². The molecule has 2 heterocycles. The zero-order valence-electron chi connectivity index (χ0n) is 10.2. The number of methoxy groups -OCH3 is 1. The second-order valence-electron chi connectivity index (χ2n) is 4.37. The Bertz CT molecular complexity index is 515. The van der Waals surface area contributed by atoms with Crippen molar-refractivity contribution in [3.05, 3.63) is 30.2 Å². The molecule has 1 N–H and O–H groups in total. The summed E-state index contributed by atoms with van der Waals surface area (Å²) < 4.78 is 10.4. The molecule has 1 aromatic heterocycles. The highest BCUT2D eigenvalue weighted by Crippen LogP contribution is 2.24. The summed E-state index contributed by atoms with van der Waals surface area (Å²) in [4.78, 5) is 4.46. The van der Waals surface area contributed by atoms with Crippen LogP contribution in [0.3, 0.4) is 0 Å². The van der Waals surface area contributed by atoms with E-state index in [4.69, 9.17) is 9.26 Å². The summed E-state index contributed by atoms with van der Waals surface area (Å²) in [6, 6.07) is 7.64. The van der Waals surface area contributed by atoms with E-state index in [0.717, 1.165) is 36.7 Å². The SMILES string of the molecule is COc1ccc(-c2noc([C@H]3CCNC3)n2)cc1. The van der Waals surface area contributed by atoms with E-state index in [0.29, 0.717) is 11.7 Å². The maximum atomic E-state index is 5.33. The molecule has 5 heteroatoms. The molecular formula is C13H15N3O2. The van der Waals surface area contributed by atoms with Gasteiger partial charge in [0.1, 0.15) is 5.75 Å². The second kappa shape index (κ2) is 4.78. The number of ether oxygens (including phenoxy) is 1. The fourth-order valence-corrected chi connectivity index (χ4v) is 2.12. The second-order valence-corrected chi connectivity index (χ2v) is 4.37. The molecule has 0 amide bonds. The molecule has 2 aromatic rings. The van der Waals surface area contributed by atoms with E-state index in [2.05, 4.69) is 15.5 Å². The molecule has 3 rings (SSSR count). The predicted molar refractivity (Wildman–Crippen MR) is 66.5 cm³/mol. The van der Waals surface area contributed by atoms with Crippen molar-refractivity contribution in [1.29, 1.82) is 0 Å². The van der Waals surface area contributed by atoms with E-state index in [1.807, 2.05) is 24.3 Å². The molecule has 0 radical (unpaired) electrons. The molecule has 1 aromatic carbocycles. The first-order valence-electron chi connectivity index (χ1n) is 6.05. The number of hydrogen-bond acceptors (Lipinski definition) is 5. The van der Waals surface area contributed by atoms with Crippen molar-refractivity contribution in [2.75, 3.05) is 20.2 Å². The maximum Gasteiger partial charge on any atom is 0.231 e. The summed E-state index contributed by atoms with van der Waals surface area (Å²) >= 11 is 0. The number of nitrogens with zero attached hydrogens (tertiary/aromatic N) is 2. The Morgan fingerprint density at radius 3 is 2.83 bits per heavy atom. The Kier molecular flexibility index (Phi) is 2.98. The van der Waals surface area contributed by atoms with Gasteiger partial charge in [0.15, 0.2) is 0 Å². The van der Waals surface area contributed by atoms with Crippen LogP contribution >= 0.6 is 0 Å². The van der Waals surface area contributed by atoms with Crippen LogP contribution < -0.4 is 10.1 Å². The smallest absolute Gasteiger partial charge is 0.231 e. The summed E-state index contributed by atoms with van der Waals surface area (Å²) in [6.07, 6.45) is 1.06. The van der Waals surface area contributed by atoms with Crippen molar-refractivity contribution in [2.45, 2.75) is 12.3 Å². The molecule has 0 bridgehead atoms. The largest absolute Gasteiger partial charge is 0.497 e. The lowest BCUT2D eigenvalue weighted by Gasteiger charge is -2.00. The van der Waals surface area contributed by atoms with Crippen LogP contribution in [-0.2, 0) is 0 Å². The molecule has 1 fully saturated rings. The highest BCUT2D eigenvalue weighted by Gasteiger charge is 2.22. The van der Waals surface area contributed by atoms with Gasteiger partial charge in [0.25, 0.3) is 0 Å². The Morgan fingerprint density at radius 1 is 1.33 bits per heavy atom. The van der Waals surface area contributed by atoms with Crippen LogP contribution in [-0.4, -0.2) is 30.3 Å². The van der Waals surface area contributed by atoms with Crippen molar-refractivity contribution in [2.24, 2.45) is 0 Å². The van der Waals surface area contributed by atoms with Gasteiger partial charge in [0, 0.05) is 12.1 Å². The van der Waals surface area contributed by atoms with E-state index in [1.54, 1.807) is 7.11 Å². The zero-order chi connectivity index (χ0) is 12.4. The minimum Gasteiger partial charge on any atom is -0.497 e. The van der Waals surface area contributed by atoms with Gasteiger partial charge in [-0.05, 0) is 37.2 Å². The summed E-state index contributed by atoms with van der Waals surface area (Å²) in [6.45, 7) is 1.94. The third kappa shape index (κ3) is 2.09. The fraction of sp³-hybridized carbons (Fsp3) is 0.385. The minimum absolute atomic E-state index is 0.351. The molecule has 0 aliphatic carbocycles. The first-order chi connectivity index (χ1) is 8.86. The highest BCUT2D eigenvalue weighted by molar-refractivity contribution is 5.55. The van der Waals surface area contributed by atoms with Gasteiger partial charge in [-0.3, -0.25) is 0 Å². The van der Waals surface area contributed by atoms with Crippen molar-refractivity contribution >= 4 is 0 Å². The van der Waals surface area contributed by atoms with E-state index in [1.165, 1.54) is 0 Å². The lowest BCUT2D eigenvalue weighted by Crippen LogP contribution is -2.08. The van der Waals surface area contributed by atoms with Crippen LogP contribution in [0.1, 0.15) is 18.2 Å². The topological polar surface area (TPSA) is 60.2 Å². The van der Waals surface area contributed by atoms with Crippen LogP contribution in [0.4, 0.5) is 0 Å². The summed E-state index contributed by atoms with van der Waals surface area (Å²) in [5.41, 5.74) is 0.941. The standard InChI is InChI=1S/C13H15N3O2/c1-17-11-4-2-9(3-5-11)12-15-13(18-16-12)10-6-7-14-8-10/h2-5,10,14H,6-8H2,1H3/t10-/m0/s1. The molecule has 1 aliphatic rings. The van der Waals surface area contributed by atoms with Gasteiger partial charge in [-0.15, -0.1) is 0 Å². The van der Waals surface area contributed by atoms with Gasteiger partial charge in [-0.1, -0.05) is 5.16 Å². The van der Waals surface area contributed by atoms with Crippen LogP contribution in [0.2, 0.25) is 0 Å². The first-order valence-corrected chi connectivity index (χ1v) is 6.05. The van der Waals surface area contributed by atoms with Crippen molar-refractivity contribution in [3.8, 4) is 17.1 Å². The number of hydrogen-bond donors (Lipinski definition) is 1. The zero-order valence-corrected chi connectivity index (χ0v) is 10.2. The Hall–Kier alpha value is -1.88. The van der Waals surface area contributed by atoms with Gasteiger partial charge >= 0.3 is 0 Å². The van der Waals surface area contributed by atoms with Gasteiger partial charge in [0.2, 0.25) is 11.7 Å². The third-order valence-electron chi connectivity index (χ3n) is 3.20. The molecule has 18 heavy (non-hydrogen) atoms. The van der Waals surface area contributed by atoms with Crippen LogP contribution in [0.15, 0.2) is 28.8 Å². The first kappa shape index (κ1) is 11.2. The van der Waals surface area contributed by atoms with E-state index in [-0.39, 0.29) is 0 Å². The average molecular weight is 245 g/mol. The Labute approximate surface area is 105 Å². The minimum atomic E-state index is 0.351. The normalized spacial score (nSPS) is 19.1. The molecule has 1 saturated heterocycles. The van der Waals surface area contributed by atoms with Crippen LogP contribution in [0.25, 0.3) is 11.4 Å². The summed E-state index contributed by atoms with van der Waals surface area (Å²) in [5.74, 6) is 2.54.